The van der Waals surface area contributed by atoms with Gasteiger partial charge in [0.2, 0.25) is 0 Å². The highest BCUT2D eigenvalue weighted by molar-refractivity contribution is 7.71. The fraction of sp³-hybridized carbons (Fsp3) is 0.375. The lowest BCUT2D eigenvalue weighted by Gasteiger charge is -2.04. The van der Waals surface area contributed by atoms with Gasteiger partial charge in [0.25, 0.3) is 0 Å². The van der Waals surface area contributed by atoms with Gasteiger partial charge < -0.3 is 10.1 Å². The highest BCUT2D eigenvalue weighted by Gasteiger charge is 1.99. The first-order chi connectivity index (χ1) is 5.11. The van der Waals surface area contributed by atoms with E-state index < -0.39 is 6.10 Å². The van der Waals surface area contributed by atoms with Crippen LogP contribution in [-0.2, 0) is 0 Å². The van der Waals surface area contributed by atoms with Crippen molar-refractivity contribution in [2.75, 3.05) is 0 Å². The maximum absolute atomic E-state index is 9.19. The van der Waals surface area contributed by atoms with Crippen LogP contribution in [0.4, 0.5) is 0 Å². The Labute approximate surface area is 70.9 Å². The van der Waals surface area contributed by atoms with Gasteiger partial charge in [-0.25, -0.2) is 0 Å². The van der Waals surface area contributed by atoms with Gasteiger partial charge in [-0.05, 0) is 31.0 Å². The van der Waals surface area contributed by atoms with Crippen LogP contribution < -0.4 is 0 Å². The first kappa shape index (κ1) is 8.43. The Balaban J connectivity index is 3.15. The third-order valence-corrected chi connectivity index (χ3v) is 2.03. The molecule has 1 heterocycles. The summed E-state index contributed by atoms with van der Waals surface area (Å²) in [6.07, 6.45) is 1.31. The number of hydrogen-bond acceptors (Lipinski definition) is 2. The lowest BCUT2D eigenvalue weighted by atomic mass is 10.1. The Morgan fingerprint density at radius 2 is 2.27 bits per heavy atom. The highest BCUT2D eigenvalue weighted by atomic mass is 32.1. The first-order valence-electron chi connectivity index (χ1n) is 3.48. The molecule has 0 fully saturated rings. The molecule has 0 spiro atoms. The highest BCUT2D eigenvalue weighted by Crippen LogP contribution is 2.11. The van der Waals surface area contributed by atoms with Crippen molar-refractivity contribution in [3.63, 3.8) is 0 Å². The van der Waals surface area contributed by atoms with E-state index in [1.165, 1.54) is 0 Å². The minimum absolute atomic E-state index is 0.430. The minimum Gasteiger partial charge on any atom is -0.389 e. The molecule has 2 N–H and O–H groups in total. The average Bonchev–Trinajstić information content (AvgIpc) is 1.94. The molecule has 0 aromatic carbocycles. The zero-order valence-corrected chi connectivity index (χ0v) is 7.40. The topological polar surface area (TPSA) is 36.0 Å². The molecule has 0 aliphatic rings. The number of H-pyrrole nitrogens is 1. The average molecular weight is 169 g/mol. The van der Waals surface area contributed by atoms with E-state index in [0.29, 0.717) is 0 Å². The molecule has 1 aromatic heterocycles. The minimum atomic E-state index is -0.430. The molecule has 11 heavy (non-hydrogen) atoms. The summed E-state index contributed by atoms with van der Waals surface area (Å²) < 4.78 is 0.731. The zero-order valence-electron chi connectivity index (χ0n) is 6.59. The Morgan fingerprint density at radius 1 is 1.64 bits per heavy atom. The molecular formula is C8H11NOS. The number of aromatic nitrogens is 1. The number of rotatable bonds is 1. The van der Waals surface area contributed by atoms with Gasteiger partial charge in [-0.2, -0.15) is 0 Å². The fourth-order valence-corrected chi connectivity index (χ4v) is 0.979. The van der Waals surface area contributed by atoms with Crippen molar-refractivity contribution in [3.8, 4) is 0 Å². The summed E-state index contributed by atoms with van der Waals surface area (Å²) in [6, 6.07) is 1.89. The molecule has 0 aliphatic heterocycles. The molecule has 60 valence electrons. The Kier molecular flexibility index (Phi) is 2.42. The van der Waals surface area contributed by atoms with Crippen molar-refractivity contribution in [2.45, 2.75) is 20.0 Å². The van der Waals surface area contributed by atoms with Crippen LogP contribution in [0, 0.1) is 11.6 Å². The lowest BCUT2D eigenvalue weighted by Crippen LogP contribution is -1.93. The number of pyridine rings is 1. The third kappa shape index (κ3) is 1.88. The van der Waals surface area contributed by atoms with Crippen LogP contribution >= 0.6 is 12.2 Å². The lowest BCUT2D eigenvalue weighted by molar-refractivity contribution is 0.199. The molecule has 1 aromatic rings. The monoisotopic (exact) mass is 169 g/mol. The molecule has 1 rings (SSSR count). The van der Waals surface area contributed by atoms with E-state index in [0.717, 1.165) is 15.8 Å². The van der Waals surface area contributed by atoms with Crippen LogP contribution in [0.3, 0.4) is 0 Å². The van der Waals surface area contributed by atoms with E-state index in [-0.39, 0.29) is 0 Å². The Bertz CT molecular complexity index is 303. The predicted octanol–water partition coefficient (Wildman–Crippen LogP) is 2.11. The quantitative estimate of drug-likeness (QED) is 0.632. The van der Waals surface area contributed by atoms with Gasteiger partial charge in [0.1, 0.15) is 4.64 Å². The number of aromatic amines is 1. The van der Waals surface area contributed by atoms with Crippen molar-refractivity contribution in [2.24, 2.45) is 0 Å². The van der Waals surface area contributed by atoms with Gasteiger partial charge in [0.05, 0.1) is 6.10 Å². The molecule has 0 radical (unpaired) electrons. The van der Waals surface area contributed by atoms with Crippen LogP contribution in [0.2, 0.25) is 0 Å². The molecule has 1 atom stereocenters. The van der Waals surface area contributed by atoms with Crippen molar-refractivity contribution in [1.29, 1.82) is 0 Å². The second-order valence-electron chi connectivity index (χ2n) is 2.62. The number of hydrogen-bond donors (Lipinski definition) is 2. The van der Waals surface area contributed by atoms with Gasteiger partial charge in [0, 0.05) is 6.20 Å². The zero-order chi connectivity index (χ0) is 8.43. The van der Waals surface area contributed by atoms with E-state index in [9.17, 15) is 5.11 Å². The van der Waals surface area contributed by atoms with E-state index in [2.05, 4.69) is 4.98 Å². The van der Waals surface area contributed by atoms with Crippen molar-refractivity contribution < 1.29 is 5.11 Å². The second kappa shape index (κ2) is 3.15. The molecule has 3 heteroatoms. The summed E-state index contributed by atoms with van der Waals surface area (Å²) in [7, 11) is 0. The van der Waals surface area contributed by atoms with Crippen LogP contribution in [0.5, 0.6) is 0 Å². The maximum Gasteiger partial charge on any atom is 0.106 e. The third-order valence-electron chi connectivity index (χ3n) is 1.59. The normalized spacial score (nSPS) is 13.0. The van der Waals surface area contributed by atoms with E-state index in [1.54, 1.807) is 13.1 Å². The molecule has 0 bridgehead atoms. The molecule has 2 nitrogen and oxygen atoms in total. The smallest absolute Gasteiger partial charge is 0.106 e. The van der Waals surface area contributed by atoms with E-state index in [4.69, 9.17) is 12.2 Å². The number of nitrogens with one attached hydrogen (secondary N) is 1. The molecule has 1 unspecified atom stereocenters. The van der Waals surface area contributed by atoms with Crippen molar-refractivity contribution in [1.82, 2.24) is 4.98 Å². The summed E-state index contributed by atoms with van der Waals surface area (Å²) in [4.78, 5) is 2.90. The summed E-state index contributed by atoms with van der Waals surface area (Å²) in [5.41, 5.74) is 1.87. The second-order valence-corrected chi connectivity index (χ2v) is 3.03. The Morgan fingerprint density at radius 3 is 2.73 bits per heavy atom. The summed E-state index contributed by atoms with van der Waals surface area (Å²) in [5.74, 6) is 0. The predicted molar refractivity (Wildman–Crippen MR) is 47.0 cm³/mol. The van der Waals surface area contributed by atoms with Gasteiger partial charge in [-0.1, -0.05) is 12.2 Å². The fourth-order valence-electron chi connectivity index (χ4n) is 0.861. The Hall–Kier alpha value is -0.670. The SMILES string of the molecule is Cc1cc(C(C)O)c[nH]c1=S. The van der Waals surface area contributed by atoms with Gasteiger partial charge in [0.15, 0.2) is 0 Å². The van der Waals surface area contributed by atoms with Crippen molar-refractivity contribution in [3.05, 3.63) is 28.0 Å². The van der Waals surface area contributed by atoms with Gasteiger partial charge >= 0.3 is 0 Å². The standard InChI is InChI=1S/C8H11NOS/c1-5-3-7(6(2)10)4-9-8(5)11/h3-4,6,10H,1-2H3,(H,9,11). The molecule has 0 amide bonds. The maximum atomic E-state index is 9.19. The first-order valence-corrected chi connectivity index (χ1v) is 3.89. The molecule has 0 aliphatic carbocycles. The van der Waals surface area contributed by atoms with Crippen molar-refractivity contribution >= 4 is 12.2 Å². The van der Waals surface area contributed by atoms with Gasteiger partial charge in [-0.3, -0.25) is 0 Å². The van der Waals surface area contributed by atoms with E-state index in [1.807, 2.05) is 13.0 Å². The van der Waals surface area contributed by atoms with Crippen LogP contribution in [0.25, 0.3) is 0 Å². The number of aliphatic hydroxyl groups is 1. The number of aryl methyl sites for hydroxylation is 1. The summed E-state index contributed by atoms with van der Waals surface area (Å²) in [6.45, 7) is 3.65. The van der Waals surface area contributed by atoms with Crippen LogP contribution in [-0.4, -0.2) is 10.1 Å². The van der Waals surface area contributed by atoms with Crippen LogP contribution in [0.1, 0.15) is 24.2 Å². The molecule has 0 saturated carbocycles. The van der Waals surface area contributed by atoms with Gasteiger partial charge in [-0.15, -0.1) is 0 Å². The molecule has 0 saturated heterocycles. The largest absolute Gasteiger partial charge is 0.389 e. The summed E-state index contributed by atoms with van der Waals surface area (Å²) >= 11 is 4.96. The molecular weight excluding hydrogens is 158 g/mol. The van der Waals surface area contributed by atoms with Crippen LogP contribution in [0.15, 0.2) is 12.3 Å². The van der Waals surface area contributed by atoms with E-state index >= 15 is 0 Å². The number of aliphatic hydroxyl groups excluding tert-OH is 1. The summed E-state index contributed by atoms with van der Waals surface area (Å²) in [5, 5.41) is 9.19.